The van der Waals surface area contributed by atoms with Gasteiger partial charge in [-0.1, -0.05) is 11.6 Å². The molecular weight excluding hydrogens is 228 g/mol. The van der Waals surface area contributed by atoms with Gasteiger partial charge in [0.2, 0.25) is 0 Å². The van der Waals surface area contributed by atoms with E-state index in [1.165, 1.54) is 0 Å². The lowest BCUT2D eigenvalue weighted by Crippen LogP contribution is -2.44. The van der Waals surface area contributed by atoms with Gasteiger partial charge in [-0.2, -0.15) is 5.10 Å². The first-order valence-electron chi connectivity index (χ1n) is 5.37. The lowest BCUT2D eigenvalue weighted by atomic mass is 10.1. The van der Waals surface area contributed by atoms with E-state index in [1.54, 1.807) is 6.20 Å². The van der Waals surface area contributed by atoms with Crippen LogP contribution in [0.4, 0.5) is 5.69 Å². The van der Waals surface area contributed by atoms with Crippen LogP contribution >= 0.6 is 11.6 Å². The Morgan fingerprint density at radius 1 is 1.62 bits per heavy atom. The number of hydrogen-bond donors (Lipinski definition) is 2. The number of anilines is 1. The number of aromatic nitrogens is 2. The normalized spacial score (nSPS) is 20.8. The third kappa shape index (κ3) is 2.20. The Balaban J connectivity index is 2.22. The van der Waals surface area contributed by atoms with Gasteiger partial charge in [0.05, 0.1) is 11.9 Å². The van der Waals surface area contributed by atoms with Gasteiger partial charge in [0.1, 0.15) is 5.02 Å². The van der Waals surface area contributed by atoms with Gasteiger partial charge in [0.25, 0.3) is 5.56 Å². The van der Waals surface area contributed by atoms with Crippen molar-refractivity contribution in [2.45, 2.75) is 18.9 Å². The molecule has 1 unspecified atom stereocenters. The van der Waals surface area contributed by atoms with Crippen molar-refractivity contribution in [3.05, 3.63) is 21.6 Å². The highest BCUT2D eigenvalue weighted by Gasteiger charge is 2.20. The van der Waals surface area contributed by atoms with E-state index < -0.39 is 0 Å². The number of halogens is 1. The maximum absolute atomic E-state index is 11.3. The first kappa shape index (κ1) is 11.4. The number of rotatable bonds is 2. The van der Waals surface area contributed by atoms with Crippen LogP contribution in [0.15, 0.2) is 11.0 Å². The zero-order chi connectivity index (χ0) is 11.5. The van der Waals surface area contributed by atoms with Gasteiger partial charge in [-0.15, -0.1) is 0 Å². The molecule has 0 amide bonds. The Labute approximate surface area is 98.8 Å². The maximum atomic E-state index is 11.3. The van der Waals surface area contributed by atoms with Gasteiger partial charge in [0, 0.05) is 19.6 Å². The second-order valence-corrected chi connectivity index (χ2v) is 4.39. The van der Waals surface area contributed by atoms with Gasteiger partial charge >= 0.3 is 0 Å². The lowest BCUT2D eigenvalue weighted by Gasteiger charge is -2.33. The topological polar surface area (TPSA) is 61.0 Å². The van der Waals surface area contributed by atoms with Crippen LogP contribution in [0.5, 0.6) is 0 Å². The van der Waals surface area contributed by atoms with Gasteiger partial charge in [0.15, 0.2) is 0 Å². The Hall–Kier alpha value is -1.07. The summed E-state index contributed by atoms with van der Waals surface area (Å²) in [4.78, 5) is 13.4. The highest BCUT2D eigenvalue weighted by Crippen LogP contribution is 2.23. The van der Waals surface area contributed by atoms with E-state index in [-0.39, 0.29) is 10.6 Å². The van der Waals surface area contributed by atoms with Gasteiger partial charge in [-0.25, -0.2) is 5.10 Å². The molecule has 2 rings (SSSR count). The minimum Gasteiger partial charge on any atom is -0.368 e. The minimum atomic E-state index is -0.338. The highest BCUT2D eigenvalue weighted by molar-refractivity contribution is 6.32. The predicted octanol–water partition coefficient (Wildman–Crippen LogP) is 0.611. The molecule has 0 bridgehead atoms. The molecule has 1 atom stereocenters. The summed E-state index contributed by atoms with van der Waals surface area (Å²) in [7, 11) is 1.94. The van der Waals surface area contributed by atoms with E-state index in [0.717, 1.165) is 25.9 Å². The zero-order valence-electron chi connectivity index (χ0n) is 9.16. The summed E-state index contributed by atoms with van der Waals surface area (Å²) >= 11 is 5.96. The third-order valence-electron chi connectivity index (χ3n) is 2.98. The summed E-state index contributed by atoms with van der Waals surface area (Å²) in [5.74, 6) is 0. The SMILES string of the molecule is CN(c1cn[nH]c(=O)c1Cl)C1CCCNC1. The molecule has 0 aliphatic carbocycles. The molecule has 0 saturated carbocycles. The van der Waals surface area contributed by atoms with Crippen molar-refractivity contribution in [2.24, 2.45) is 0 Å². The summed E-state index contributed by atoms with van der Waals surface area (Å²) in [6.07, 6.45) is 3.84. The molecule has 5 nitrogen and oxygen atoms in total. The Bertz CT molecular complexity index is 414. The van der Waals surface area contributed by atoms with Crippen molar-refractivity contribution in [1.29, 1.82) is 0 Å². The fourth-order valence-corrected chi connectivity index (χ4v) is 2.21. The monoisotopic (exact) mass is 242 g/mol. The van der Waals surface area contributed by atoms with E-state index in [1.807, 2.05) is 11.9 Å². The fraction of sp³-hybridized carbons (Fsp3) is 0.600. The van der Waals surface area contributed by atoms with E-state index in [9.17, 15) is 4.79 Å². The summed E-state index contributed by atoms with van der Waals surface area (Å²) in [6, 6.07) is 0.370. The van der Waals surface area contributed by atoms with Crippen LogP contribution in [-0.4, -0.2) is 36.4 Å². The number of aromatic amines is 1. The van der Waals surface area contributed by atoms with Crippen LogP contribution in [-0.2, 0) is 0 Å². The highest BCUT2D eigenvalue weighted by atomic mass is 35.5. The first-order chi connectivity index (χ1) is 7.70. The third-order valence-corrected chi connectivity index (χ3v) is 3.34. The predicted molar refractivity (Wildman–Crippen MR) is 64.2 cm³/mol. The summed E-state index contributed by atoms with van der Waals surface area (Å²) < 4.78 is 0. The molecule has 2 N–H and O–H groups in total. The number of hydrogen-bond acceptors (Lipinski definition) is 4. The quantitative estimate of drug-likeness (QED) is 0.798. The largest absolute Gasteiger partial charge is 0.368 e. The molecule has 16 heavy (non-hydrogen) atoms. The number of H-pyrrole nitrogens is 1. The van der Waals surface area contributed by atoms with Gasteiger partial charge in [-0.3, -0.25) is 4.79 Å². The number of likely N-dealkylation sites (N-methyl/N-ethyl adjacent to an activating group) is 1. The maximum Gasteiger partial charge on any atom is 0.285 e. The van der Waals surface area contributed by atoms with Crippen molar-refractivity contribution in [2.75, 3.05) is 25.0 Å². The molecule has 1 aromatic rings. The standard InChI is InChI=1S/C10H15ClN4O/c1-15(7-3-2-4-12-5-7)8-6-13-14-10(16)9(8)11/h6-7,12H,2-5H2,1H3,(H,14,16). The Kier molecular flexibility index (Phi) is 3.46. The Morgan fingerprint density at radius 2 is 2.44 bits per heavy atom. The molecule has 1 fully saturated rings. The van der Waals surface area contributed by atoms with Gasteiger partial charge < -0.3 is 10.2 Å². The Morgan fingerprint density at radius 3 is 3.12 bits per heavy atom. The average molecular weight is 243 g/mol. The van der Waals surface area contributed by atoms with Crippen molar-refractivity contribution in [1.82, 2.24) is 15.5 Å². The van der Waals surface area contributed by atoms with E-state index in [0.29, 0.717) is 11.7 Å². The van der Waals surface area contributed by atoms with Crippen LogP contribution in [0.2, 0.25) is 5.02 Å². The van der Waals surface area contributed by atoms with Crippen molar-refractivity contribution < 1.29 is 0 Å². The van der Waals surface area contributed by atoms with Crippen LogP contribution in [0.3, 0.4) is 0 Å². The molecule has 0 spiro atoms. The van der Waals surface area contributed by atoms with Crippen LogP contribution in [0.1, 0.15) is 12.8 Å². The van der Waals surface area contributed by atoms with Crippen molar-refractivity contribution in [3.63, 3.8) is 0 Å². The molecule has 0 radical (unpaired) electrons. The molecule has 88 valence electrons. The molecule has 1 aliphatic heterocycles. The lowest BCUT2D eigenvalue weighted by molar-refractivity contribution is 0.444. The molecule has 1 saturated heterocycles. The summed E-state index contributed by atoms with van der Waals surface area (Å²) in [6.45, 7) is 1.98. The second-order valence-electron chi connectivity index (χ2n) is 4.01. The van der Waals surface area contributed by atoms with Crippen LogP contribution in [0.25, 0.3) is 0 Å². The smallest absolute Gasteiger partial charge is 0.285 e. The van der Waals surface area contributed by atoms with Crippen LogP contribution < -0.4 is 15.8 Å². The average Bonchev–Trinajstić information content (AvgIpc) is 2.33. The van der Waals surface area contributed by atoms with E-state index >= 15 is 0 Å². The minimum absolute atomic E-state index is 0.211. The van der Waals surface area contributed by atoms with Gasteiger partial charge in [-0.05, 0) is 19.4 Å². The zero-order valence-corrected chi connectivity index (χ0v) is 9.92. The van der Waals surface area contributed by atoms with Crippen LogP contribution in [0, 0.1) is 0 Å². The van der Waals surface area contributed by atoms with Crippen molar-refractivity contribution in [3.8, 4) is 0 Å². The number of piperidine rings is 1. The first-order valence-corrected chi connectivity index (χ1v) is 5.74. The molecule has 0 aromatic carbocycles. The summed E-state index contributed by atoms with van der Waals surface area (Å²) in [5, 5.41) is 9.63. The molecule has 2 heterocycles. The molecule has 1 aromatic heterocycles. The second kappa shape index (κ2) is 4.84. The van der Waals surface area contributed by atoms with Crippen molar-refractivity contribution >= 4 is 17.3 Å². The van der Waals surface area contributed by atoms with E-state index in [2.05, 4.69) is 15.5 Å². The number of nitrogens with zero attached hydrogens (tertiary/aromatic N) is 2. The van der Waals surface area contributed by atoms with E-state index in [4.69, 9.17) is 11.6 Å². The number of nitrogens with one attached hydrogen (secondary N) is 2. The molecule has 6 heteroatoms. The fourth-order valence-electron chi connectivity index (χ4n) is 1.98. The molecular formula is C10H15ClN4O. The summed E-state index contributed by atoms with van der Waals surface area (Å²) in [5.41, 5.74) is 0.355. The molecule has 1 aliphatic rings.